The quantitative estimate of drug-likeness (QED) is 0.869. The predicted octanol–water partition coefficient (Wildman–Crippen LogP) is 1.86. The minimum Gasteiger partial charge on any atom is -0.354 e. The fourth-order valence-corrected chi connectivity index (χ4v) is 2.48. The maximum absolute atomic E-state index is 12.9. The van der Waals surface area contributed by atoms with Crippen molar-refractivity contribution in [2.75, 3.05) is 31.4 Å². The van der Waals surface area contributed by atoms with Crippen LogP contribution in [0, 0.1) is 19.4 Å². The van der Waals surface area contributed by atoms with Crippen LogP contribution >= 0.6 is 0 Å². The lowest BCUT2D eigenvalue weighted by Gasteiger charge is -2.41. The van der Waals surface area contributed by atoms with Crippen molar-refractivity contribution in [2.24, 2.45) is 5.92 Å². The smallest absolute Gasteiger partial charge is 0.302 e. The number of piperidine rings is 1. The topological polar surface area (TPSA) is 69.5 Å². The van der Waals surface area contributed by atoms with Crippen molar-refractivity contribution >= 4 is 22.8 Å². The van der Waals surface area contributed by atoms with Crippen LogP contribution in [0.5, 0.6) is 0 Å². The van der Waals surface area contributed by atoms with Crippen molar-refractivity contribution in [3.05, 3.63) is 29.5 Å². The number of likely N-dealkylation sites (tertiary alicyclic amines) is 1. The molecule has 0 bridgehead atoms. The SMILES string of the molecule is [2H]c1nc(N(C)[C@@H]2[C@H](C)C([2H])([2H])C([2H])([2H])N(C(=O)C([2H])([2H])[N+]#[C-])C2([2H])[2H])c2c([2H])c(C)[nH]c2n1. The van der Waals surface area contributed by atoms with Gasteiger partial charge in [-0.2, -0.15) is 0 Å². The number of rotatable bonds is 3. The van der Waals surface area contributed by atoms with Crippen LogP contribution in [0.2, 0.25) is 0 Å². The highest BCUT2D eigenvalue weighted by Gasteiger charge is 2.33. The van der Waals surface area contributed by atoms with Gasteiger partial charge >= 0.3 is 5.91 Å². The third-order valence-electron chi connectivity index (χ3n) is 3.64. The Kier molecular flexibility index (Phi) is 2.15. The number of aromatic amines is 1. The van der Waals surface area contributed by atoms with E-state index in [9.17, 15) is 4.79 Å². The molecular formula is C17H22N6O. The predicted molar refractivity (Wildman–Crippen MR) is 92.6 cm³/mol. The van der Waals surface area contributed by atoms with E-state index in [1.165, 1.54) is 14.0 Å². The molecule has 2 atom stereocenters. The van der Waals surface area contributed by atoms with Gasteiger partial charge in [-0.05, 0) is 25.3 Å². The highest BCUT2D eigenvalue weighted by atomic mass is 16.2. The second-order valence-corrected chi connectivity index (χ2v) is 5.34. The number of likely N-dealkylation sites (N-methyl/N-ethyl adjacent to an activating group) is 1. The van der Waals surface area contributed by atoms with Crippen molar-refractivity contribution in [1.29, 1.82) is 0 Å². The zero-order valence-electron chi connectivity index (χ0n) is 23.3. The molecule has 0 spiro atoms. The first-order valence-electron chi connectivity index (χ1n) is 12.1. The summed E-state index contributed by atoms with van der Waals surface area (Å²) in [6.45, 7) is 0.0591. The fraction of sp³-hybridized carbons (Fsp3) is 0.529. The molecule has 3 heterocycles. The van der Waals surface area contributed by atoms with Crippen LogP contribution in [-0.2, 0) is 4.79 Å². The number of carbonyl (C=O) groups excluding carboxylic acids is 1. The number of amides is 1. The van der Waals surface area contributed by atoms with E-state index >= 15 is 0 Å². The number of anilines is 1. The molecule has 1 saturated heterocycles. The van der Waals surface area contributed by atoms with Crippen LogP contribution in [0.15, 0.2) is 12.3 Å². The van der Waals surface area contributed by atoms with Gasteiger partial charge in [0.1, 0.15) is 21.9 Å². The lowest BCUT2D eigenvalue weighted by Crippen LogP contribution is -2.53. The van der Waals surface area contributed by atoms with E-state index in [1.807, 2.05) is 0 Å². The number of fused-ring (bicyclic) bond motifs is 1. The van der Waals surface area contributed by atoms with Crippen molar-refractivity contribution in [3.63, 3.8) is 0 Å². The Balaban J connectivity index is 2.29. The summed E-state index contributed by atoms with van der Waals surface area (Å²) in [6, 6.07) is -1.71. The molecule has 2 aromatic rings. The standard InChI is InChI=1S/C17H22N6O/c1-11-5-6-23(15(24)8-18-3)9-14(11)22(4)17-13-7-12(2)21-16(13)19-10-20-17/h7,10-11,14H,5-6,8-9H2,1-2,4H3,(H,19,20,21)/t11-,14+/m1/s1/i5D2,6D2,7D,8D2,9D2,10D. The van der Waals surface area contributed by atoms with E-state index in [2.05, 4.69) is 19.8 Å². The van der Waals surface area contributed by atoms with Gasteiger partial charge in [0.25, 0.3) is 6.50 Å². The van der Waals surface area contributed by atoms with Crippen LogP contribution in [0.3, 0.4) is 0 Å². The number of carbonyl (C=O) groups is 1. The third kappa shape index (κ3) is 2.92. The number of nitrogens with one attached hydrogen (secondary N) is 1. The van der Waals surface area contributed by atoms with Gasteiger partial charge < -0.3 is 19.6 Å². The first-order chi connectivity index (χ1) is 15.3. The zero-order chi connectivity index (χ0) is 26.2. The van der Waals surface area contributed by atoms with Gasteiger partial charge in [0.2, 0.25) is 0 Å². The van der Waals surface area contributed by atoms with Gasteiger partial charge in [-0.15, -0.1) is 0 Å². The number of H-pyrrole nitrogens is 1. The molecule has 1 aliphatic rings. The number of nitrogens with zero attached hydrogens (tertiary/aromatic N) is 5. The summed E-state index contributed by atoms with van der Waals surface area (Å²) in [4.78, 5) is 27.1. The number of aryl methyl sites for hydroxylation is 1. The summed E-state index contributed by atoms with van der Waals surface area (Å²) >= 11 is 0. The van der Waals surface area contributed by atoms with Crippen LogP contribution in [0.4, 0.5) is 5.82 Å². The molecule has 0 aromatic carbocycles. The Bertz CT molecular complexity index is 1210. The summed E-state index contributed by atoms with van der Waals surface area (Å²) in [5.41, 5.74) is 0.502. The fourth-order valence-electron chi connectivity index (χ4n) is 2.48. The molecule has 0 saturated carbocycles. The molecule has 0 unspecified atom stereocenters. The summed E-state index contributed by atoms with van der Waals surface area (Å²) < 4.78 is 82.3. The molecule has 126 valence electrons. The van der Waals surface area contributed by atoms with E-state index in [0.717, 1.165) is 4.90 Å². The van der Waals surface area contributed by atoms with E-state index in [4.69, 9.17) is 20.3 Å². The van der Waals surface area contributed by atoms with E-state index in [0.29, 0.717) is 5.69 Å². The summed E-state index contributed by atoms with van der Waals surface area (Å²) in [5.74, 6) is -3.43. The maximum atomic E-state index is 12.9. The summed E-state index contributed by atoms with van der Waals surface area (Å²) in [7, 11) is 1.30. The molecule has 1 amide bonds. The van der Waals surface area contributed by atoms with Crippen LogP contribution in [-0.4, -0.2) is 58.3 Å². The van der Waals surface area contributed by atoms with Crippen molar-refractivity contribution in [3.8, 4) is 0 Å². The lowest BCUT2D eigenvalue weighted by atomic mass is 9.92. The highest BCUT2D eigenvalue weighted by molar-refractivity contribution is 5.88. The Hall–Kier alpha value is -2.62. The van der Waals surface area contributed by atoms with Gasteiger partial charge in [-0.1, -0.05) is 6.92 Å². The van der Waals surface area contributed by atoms with Gasteiger partial charge in [0, 0.05) is 31.2 Å². The molecule has 1 aliphatic heterocycles. The molecule has 24 heavy (non-hydrogen) atoms. The minimum absolute atomic E-state index is 0.0449. The van der Waals surface area contributed by atoms with Gasteiger partial charge in [-0.25, -0.2) is 16.5 Å². The first kappa shape index (κ1) is 7.97. The summed E-state index contributed by atoms with van der Waals surface area (Å²) in [5, 5.41) is 0.113. The molecule has 0 radical (unpaired) electrons. The Morgan fingerprint density at radius 3 is 3.25 bits per heavy atom. The van der Waals surface area contributed by atoms with Gasteiger partial charge in [-0.3, -0.25) is 4.79 Å². The summed E-state index contributed by atoms with van der Waals surface area (Å²) in [6.07, 6.45) is -3.38. The minimum atomic E-state index is -3.34. The van der Waals surface area contributed by atoms with Gasteiger partial charge in [0.15, 0.2) is 0 Å². The monoisotopic (exact) mass is 336 g/mol. The Labute approximate surface area is 155 Å². The Morgan fingerprint density at radius 1 is 1.71 bits per heavy atom. The van der Waals surface area contributed by atoms with Gasteiger partial charge in [0.05, 0.1) is 15.5 Å². The Morgan fingerprint density at radius 2 is 2.50 bits per heavy atom. The van der Waals surface area contributed by atoms with Crippen molar-refractivity contribution in [2.45, 2.75) is 26.3 Å². The number of aromatic nitrogens is 3. The van der Waals surface area contributed by atoms with E-state index < -0.39 is 50.0 Å². The first-order valence-corrected chi connectivity index (χ1v) is 7.13. The van der Waals surface area contributed by atoms with E-state index in [1.54, 1.807) is 6.92 Å². The highest BCUT2D eigenvalue weighted by Crippen LogP contribution is 2.29. The molecule has 1 fully saturated rings. The molecular weight excluding hydrogens is 304 g/mol. The number of hydrogen-bond donors (Lipinski definition) is 1. The number of hydrogen-bond acceptors (Lipinski definition) is 4. The van der Waals surface area contributed by atoms with Crippen LogP contribution in [0.25, 0.3) is 15.9 Å². The molecule has 3 rings (SSSR count). The normalized spacial score (nSPS) is 33.8. The molecule has 7 heteroatoms. The maximum Gasteiger partial charge on any atom is 0.302 e. The van der Waals surface area contributed by atoms with Crippen LogP contribution < -0.4 is 4.90 Å². The second-order valence-electron chi connectivity index (χ2n) is 5.34. The molecule has 7 nitrogen and oxygen atoms in total. The average molecular weight is 336 g/mol. The van der Waals surface area contributed by atoms with Crippen molar-refractivity contribution in [1.82, 2.24) is 19.9 Å². The van der Waals surface area contributed by atoms with Crippen molar-refractivity contribution < 1.29 is 18.5 Å². The molecule has 2 aromatic heterocycles. The largest absolute Gasteiger partial charge is 0.354 e. The zero-order valence-corrected chi connectivity index (χ0v) is 13.3. The molecule has 1 N–H and O–H groups in total. The third-order valence-corrected chi connectivity index (χ3v) is 3.64. The average Bonchev–Trinajstić information content (AvgIpc) is 2.98. The molecule has 0 aliphatic carbocycles. The lowest BCUT2D eigenvalue weighted by molar-refractivity contribution is -0.130. The van der Waals surface area contributed by atoms with Crippen LogP contribution in [0.1, 0.15) is 32.7 Å². The van der Waals surface area contributed by atoms with E-state index in [-0.39, 0.29) is 27.8 Å². The second kappa shape index (κ2) is 6.48.